The molecule has 1 aromatic rings. The minimum absolute atomic E-state index is 0.0289. The summed E-state index contributed by atoms with van der Waals surface area (Å²) in [5.41, 5.74) is 0.0909. The highest BCUT2D eigenvalue weighted by molar-refractivity contribution is 14.1. The van der Waals surface area contributed by atoms with E-state index in [1.807, 2.05) is 0 Å². The van der Waals surface area contributed by atoms with Crippen LogP contribution in [0.15, 0.2) is 12.1 Å². The molecule has 1 aromatic carbocycles. The van der Waals surface area contributed by atoms with Crippen LogP contribution in [0.4, 0.5) is 0 Å². The maximum absolute atomic E-state index is 11.4. The molecule has 0 atom stereocenters. The Balaban J connectivity index is 3.06. The molecule has 100 valence electrons. The predicted octanol–water partition coefficient (Wildman–Crippen LogP) is 2.28. The summed E-state index contributed by atoms with van der Waals surface area (Å²) in [5.74, 6) is 0.0156. The SMILES string of the molecule is COCOc1cc(O)c(C(C)=O)c(OCOI)c1. The van der Waals surface area contributed by atoms with Gasteiger partial charge < -0.3 is 19.3 Å². The predicted molar refractivity (Wildman–Crippen MR) is 71.2 cm³/mol. The molecule has 0 heterocycles. The first kappa shape index (κ1) is 15.0. The standard InChI is InChI=1S/C11H13IO6/c1-7(13)11-9(14)3-8(16-5-15-2)4-10(11)17-6-18-12/h3-4,14H,5-6H2,1-2H3. The van der Waals surface area contributed by atoms with Gasteiger partial charge in [-0.05, 0) is 6.92 Å². The fraction of sp³-hybridized carbons (Fsp3) is 0.364. The van der Waals surface area contributed by atoms with E-state index in [0.29, 0.717) is 5.75 Å². The van der Waals surface area contributed by atoms with E-state index in [1.165, 1.54) is 26.2 Å². The van der Waals surface area contributed by atoms with Crippen LogP contribution in [-0.2, 0) is 7.80 Å². The summed E-state index contributed by atoms with van der Waals surface area (Å²) in [6.07, 6.45) is 0. The average molecular weight is 368 g/mol. The summed E-state index contributed by atoms with van der Waals surface area (Å²) < 4.78 is 19.9. The molecule has 0 saturated heterocycles. The van der Waals surface area contributed by atoms with Gasteiger partial charge in [-0.2, -0.15) is 0 Å². The smallest absolute Gasteiger partial charge is 0.200 e. The summed E-state index contributed by atoms with van der Waals surface area (Å²) in [4.78, 5) is 11.4. The molecule has 0 aliphatic carbocycles. The fourth-order valence-corrected chi connectivity index (χ4v) is 1.47. The lowest BCUT2D eigenvalue weighted by atomic mass is 10.1. The molecule has 1 N–H and O–H groups in total. The van der Waals surface area contributed by atoms with Crippen molar-refractivity contribution in [2.24, 2.45) is 0 Å². The Morgan fingerprint density at radius 3 is 2.61 bits per heavy atom. The number of rotatable bonds is 7. The third-order valence-corrected chi connectivity index (χ3v) is 2.26. The highest BCUT2D eigenvalue weighted by Crippen LogP contribution is 2.34. The van der Waals surface area contributed by atoms with Crippen molar-refractivity contribution in [3.63, 3.8) is 0 Å². The first-order valence-corrected chi connectivity index (χ1v) is 5.84. The van der Waals surface area contributed by atoms with Crippen molar-refractivity contribution in [3.05, 3.63) is 17.7 Å². The Bertz CT molecular complexity index is 420. The van der Waals surface area contributed by atoms with Crippen molar-refractivity contribution < 1.29 is 27.2 Å². The normalized spacial score (nSPS) is 10.2. The Morgan fingerprint density at radius 1 is 1.33 bits per heavy atom. The number of ether oxygens (including phenoxy) is 3. The number of benzene rings is 1. The lowest BCUT2D eigenvalue weighted by Gasteiger charge is -2.12. The summed E-state index contributed by atoms with van der Waals surface area (Å²) in [6, 6.07) is 2.82. The largest absolute Gasteiger partial charge is 0.507 e. The number of hydrogen-bond donors (Lipinski definition) is 1. The molecule has 0 amide bonds. The van der Waals surface area contributed by atoms with Crippen LogP contribution in [0, 0.1) is 0 Å². The van der Waals surface area contributed by atoms with Crippen molar-refractivity contribution in [2.75, 3.05) is 20.7 Å². The molecule has 0 saturated carbocycles. The van der Waals surface area contributed by atoms with Crippen LogP contribution in [-0.4, -0.2) is 31.6 Å². The van der Waals surface area contributed by atoms with Crippen LogP contribution in [0.25, 0.3) is 0 Å². The zero-order valence-electron chi connectivity index (χ0n) is 9.94. The van der Waals surface area contributed by atoms with Gasteiger partial charge in [-0.15, -0.1) is 0 Å². The maximum atomic E-state index is 11.4. The van der Waals surface area contributed by atoms with Gasteiger partial charge in [0.1, 0.15) is 45.8 Å². The molecule has 18 heavy (non-hydrogen) atoms. The second kappa shape index (κ2) is 7.39. The zero-order chi connectivity index (χ0) is 13.5. The van der Waals surface area contributed by atoms with Gasteiger partial charge in [0.25, 0.3) is 0 Å². The van der Waals surface area contributed by atoms with Crippen molar-refractivity contribution in [2.45, 2.75) is 6.92 Å². The number of carbonyl (C=O) groups excluding carboxylic acids is 1. The quantitative estimate of drug-likeness (QED) is 0.452. The van der Waals surface area contributed by atoms with E-state index in [2.05, 4.69) is 0 Å². The Kier molecular flexibility index (Phi) is 6.16. The molecule has 0 unspecified atom stereocenters. The van der Waals surface area contributed by atoms with Gasteiger partial charge in [-0.25, -0.2) is 0 Å². The number of aromatic hydroxyl groups is 1. The molecule has 0 bridgehead atoms. The molecule has 0 radical (unpaired) electrons. The van der Waals surface area contributed by atoms with E-state index in [1.54, 1.807) is 23.0 Å². The Hall–Kier alpha value is -1.06. The van der Waals surface area contributed by atoms with E-state index >= 15 is 0 Å². The first-order valence-electron chi connectivity index (χ1n) is 4.96. The molecule has 0 aliphatic rings. The molecule has 1 rings (SSSR count). The van der Waals surface area contributed by atoms with Crippen LogP contribution < -0.4 is 9.47 Å². The summed E-state index contributed by atoms with van der Waals surface area (Å²) in [7, 11) is 1.48. The number of phenols is 1. The van der Waals surface area contributed by atoms with E-state index in [-0.39, 0.29) is 36.4 Å². The highest BCUT2D eigenvalue weighted by Gasteiger charge is 2.16. The van der Waals surface area contributed by atoms with E-state index in [0.717, 1.165) is 0 Å². The minimum atomic E-state index is -0.311. The van der Waals surface area contributed by atoms with Gasteiger partial charge in [-0.1, -0.05) is 0 Å². The van der Waals surface area contributed by atoms with Crippen molar-refractivity contribution in [1.82, 2.24) is 0 Å². The second-order valence-electron chi connectivity index (χ2n) is 3.29. The molecular weight excluding hydrogens is 355 g/mol. The van der Waals surface area contributed by atoms with E-state index in [9.17, 15) is 9.90 Å². The van der Waals surface area contributed by atoms with Gasteiger partial charge in [0.05, 0.1) is 0 Å². The second-order valence-corrected chi connectivity index (χ2v) is 3.92. The zero-order valence-corrected chi connectivity index (χ0v) is 12.1. The molecule has 0 aliphatic heterocycles. The number of ketones is 1. The number of halogens is 1. The first-order chi connectivity index (χ1) is 8.60. The number of carbonyl (C=O) groups is 1. The highest BCUT2D eigenvalue weighted by atomic mass is 127. The molecule has 7 heteroatoms. The van der Waals surface area contributed by atoms with E-state index < -0.39 is 0 Å². The lowest BCUT2D eigenvalue weighted by Crippen LogP contribution is -2.05. The summed E-state index contributed by atoms with van der Waals surface area (Å²) in [5, 5.41) is 9.78. The minimum Gasteiger partial charge on any atom is -0.507 e. The monoisotopic (exact) mass is 368 g/mol. The molecule has 6 nitrogen and oxygen atoms in total. The molecule has 0 spiro atoms. The molecule has 0 fully saturated rings. The van der Waals surface area contributed by atoms with Crippen LogP contribution in [0.2, 0.25) is 0 Å². The summed E-state index contributed by atoms with van der Waals surface area (Å²) >= 11 is 1.66. The number of methoxy groups -OCH3 is 1. The number of hydrogen-bond acceptors (Lipinski definition) is 6. The lowest BCUT2D eigenvalue weighted by molar-refractivity contribution is 0.0506. The summed E-state index contributed by atoms with van der Waals surface area (Å²) in [6.45, 7) is 1.32. The third kappa shape index (κ3) is 4.00. The van der Waals surface area contributed by atoms with Crippen LogP contribution in [0.3, 0.4) is 0 Å². The van der Waals surface area contributed by atoms with Crippen LogP contribution in [0.1, 0.15) is 17.3 Å². The maximum Gasteiger partial charge on any atom is 0.200 e. The van der Waals surface area contributed by atoms with Crippen LogP contribution in [0.5, 0.6) is 17.2 Å². The number of phenolic OH excluding ortho intramolecular Hbond substituents is 1. The van der Waals surface area contributed by atoms with Crippen molar-refractivity contribution >= 4 is 28.8 Å². The Labute approximate surface area is 118 Å². The van der Waals surface area contributed by atoms with Gasteiger partial charge >= 0.3 is 0 Å². The van der Waals surface area contributed by atoms with E-state index in [4.69, 9.17) is 17.3 Å². The van der Waals surface area contributed by atoms with Crippen molar-refractivity contribution in [1.29, 1.82) is 0 Å². The molecule has 0 aromatic heterocycles. The molecular formula is C11H13IO6. The fourth-order valence-electron chi connectivity index (χ4n) is 1.34. The topological polar surface area (TPSA) is 74.2 Å². The van der Waals surface area contributed by atoms with Gasteiger partial charge in [0, 0.05) is 19.2 Å². The number of Topliss-reactive ketones (excluding diaryl/α,β-unsaturated/α-hetero) is 1. The van der Waals surface area contributed by atoms with Crippen molar-refractivity contribution in [3.8, 4) is 17.2 Å². The van der Waals surface area contributed by atoms with Crippen LogP contribution >= 0.6 is 23.0 Å². The van der Waals surface area contributed by atoms with Gasteiger partial charge in [0.2, 0.25) is 0 Å². The van der Waals surface area contributed by atoms with Gasteiger partial charge in [-0.3, -0.25) is 7.86 Å². The average Bonchev–Trinajstić information content (AvgIpc) is 2.32. The van der Waals surface area contributed by atoms with Gasteiger partial charge in [0.15, 0.2) is 19.4 Å². The third-order valence-electron chi connectivity index (χ3n) is 2.01. The Morgan fingerprint density at radius 2 is 2.06 bits per heavy atom.